The van der Waals surface area contributed by atoms with Gasteiger partial charge in [0.2, 0.25) is 11.8 Å². The molecule has 16 heteroatoms. The van der Waals surface area contributed by atoms with Gasteiger partial charge in [-0.1, -0.05) is 33.0 Å². The van der Waals surface area contributed by atoms with Crippen LogP contribution in [0.1, 0.15) is 65.5 Å². The molecule has 0 saturated carbocycles. The third-order valence-electron chi connectivity index (χ3n) is 8.93. The van der Waals surface area contributed by atoms with E-state index in [-0.39, 0.29) is 36.4 Å². The van der Waals surface area contributed by atoms with Crippen molar-refractivity contribution in [3.63, 3.8) is 0 Å². The number of alkyl halides is 3. The lowest BCUT2D eigenvalue weighted by molar-refractivity contribution is -0.140. The quantitative estimate of drug-likeness (QED) is 0.156. The molecule has 0 spiro atoms. The van der Waals surface area contributed by atoms with Gasteiger partial charge in [-0.05, 0) is 69.8 Å². The molecule has 0 aliphatic carbocycles. The molecule has 1 atom stereocenters. The minimum Gasteiger partial charge on any atom is -0.372 e. The lowest BCUT2D eigenvalue weighted by Crippen LogP contribution is -2.55. The summed E-state index contributed by atoms with van der Waals surface area (Å²) in [6, 6.07) is 6.32. The summed E-state index contributed by atoms with van der Waals surface area (Å²) in [5.74, 6) is -2.44. The van der Waals surface area contributed by atoms with Crippen LogP contribution in [0.4, 0.5) is 34.8 Å². The van der Waals surface area contributed by atoms with Gasteiger partial charge in [-0.2, -0.15) is 18.4 Å². The maximum Gasteiger partial charge on any atom is 0.420 e. The number of aromatic nitrogens is 1. The number of ether oxygens (including phenoxy) is 1. The number of carbonyl (C=O) groups is 3. The van der Waals surface area contributed by atoms with Crippen LogP contribution in [0.25, 0.3) is 0 Å². The molecular formula is C35H45F4N7O4S. The van der Waals surface area contributed by atoms with Gasteiger partial charge in [0.05, 0.1) is 41.2 Å². The molecule has 1 aliphatic heterocycles. The van der Waals surface area contributed by atoms with Crippen molar-refractivity contribution in [1.29, 1.82) is 5.26 Å². The summed E-state index contributed by atoms with van der Waals surface area (Å²) in [4.78, 5) is 48.9. The van der Waals surface area contributed by atoms with Crippen LogP contribution in [0, 0.1) is 22.6 Å². The number of nitrogens with one attached hydrogen (secondary N) is 1. The van der Waals surface area contributed by atoms with E-state index in [2.05, 4.69) is 31.1 Å². The highest BCUT2D eigenvalue weighted by Gasteiger charge is 2.42. The summed E-state index contributed by atoms with van der Waals surface area (Å²) in [5.41, 5.74) is -3.35. The number of amides is 3. The summed E-state index contributed by atoms with van der Waals surface area (Å²) in [6.45, 7) is 13.4. The number of halogens is 4. The van der Waals surface area contributed by atoms with E-state index >= 15 is 4.39 Å². The normalized spacial score (nSPS) is 14.9. The average molecular weight is 736 g/mol. The molecule has 3 rings (SSSR count). The van der Waals surface area contributed by atoms with Crippen molar-refractivity contribution < 1.29 is 36.7 Å². The van der Waals surface area contributed by atoms with Crippen molar-refractivity contribution >= 4 is 52.6 Å². The second kappa shape index (κ2) is 16.9. The third kappa shape index (κ3) is 10.2. The molecule has 3 amide bonds. The number of rotatable bonds is 14. The van der Waals surface area contributed by atoms with E-state index in [9.17, 15) is 27.6 Å². The Labute approximate surface area is 301 Å². The fraction of sp³-hybridized carbons (Fsp3) is 0.543. The van der Waals surface area contributed by atoms with Crippen molar-refractivity contribution in [1.82, 2.24) is 15.2 Å². The number of thiocarbonyl (C=S) groups is 1. The molecule has 11 nitrogen and oxygen atoms in total. The van der Waals surface area contributed by atoms with E-state index < -0.39 is 40.3 Å². The molecule has 1 aromatic carbocycles. The van der Waals surface area contributed by atoms with Crippen molar-refractivity contribution in [3.8, 4) is 6.07 Å². The first-order valence-corrected chi connectivity index (χ1v) is 16.9. The molecule has 1 N–H and O–H groups in total. The van der Waals surface area contributed by atoms with Gasteiger partial charge in [-0.25, -0.2) is 9.37 Å². The number of piperazine rings is 1. The Morgan fingerprint density at radius 2 is 1.82 bits per heavy atom. The highest BCUT2D eigenvalue weighted by Crippen LogP contribution is 2.38. The van der Waals surface area contributed by atoms with Gasteiger partial charge >= 0.3 is 6.18 Å². The standard InChI is InChI=1S/C35H45F4N7O4S/c1-23(33(2,3)4)42-28(47)21-50-17-9-8-14-44-15-16-45(29(48)20-44)27-13-11-25(19-41-27)46(22-51)34(5,6)32(49)43(7)26-12-10-24(18-40)30(31(26)36)35(37,38)39/h10-13,19,22-23H,8-9,14-17,20-21H2,1-7H3,(H,42,47). The van der Waals surface area contributed by atoms with Crippen LogP contribution in [0.2, 0.25) is 0 Å². The van der Waals surface area contributed by atoms with Crippen LogP contribution in [0.15, 0.2) is 30.5 Å². The van der Waals surface area contributed by atoms with Gasteiger partial charge in [0.15, 0.2) is 5.82 Å². The lowest BCUT2D eigenvalue weighted by atomic mass is 9.88. The van der Waals surface area contributed by atoms with Crippen LogP contribution in [-0.4, -0.2) is 91.1 Å². The van der Waals surface area contributed by atoms with Gasteiger partial charge in [-0.15, -0.1) is 0 Å². The number of nitrogens with zero attached hydrogens (tertiary/aromatic N) is 6. The molecule has 2 heterocycles. The summed E-state index contributed by atoms with van der Waals surface area (Å²) in [5, 5.41) is 12.0. The van der Waals surface area contributed by atoms with Crippen LogP contribution in [0.3, 0.4) is 0 Å². The van der Waals surface area contributed by atoms with Gasteiger partial charge in [0, 0.05) is 32.8 Å². The minimum absolute atomic E-state index is 0.00116. The fourth-order valence-corrected chi connectivity index (χ4v) is 5.76. The number of hydrogen-bond donors (Lipinski definition) is 1. The van der Waals surface area contributed by atoms with Crippen LogP contribution in [-0.2, 0) is 25.3 Å². The third-order valence-corrected chi connectivity index (χ3v) is 9.14. The topological polar surface area (TPSA) is 122 Å². The van der Waals surface area contributed by atoms with Crippen molar-refractivity contribution in [2.24, 2.45) is 5.41 Å². The second-order valence-corrected chi connectivity index (χ2v) is 14.2. The van der Waals surface area contributed by atoms with E-state index in [4.69, 9.17) is 22.2 Å². The fourth-order valence-electron chi connectivity index (χ4n) is 5.37. The van der Waals surface area contributed by atoms with Crippen molar-refractivity contribution in [2.75, 3.05) is 61.1 Å². The Hall–Kier alpha value is -4.20. The average Bonchev–Trinajstić information content (AvgIpc) is 3.05. The Morgan fingerprint density at radius 3 is 2.37 bits per heavy atom. The zero-order valence-electron chi connectivity index (χ0n) is 29.9. The van der Waals surface area contributed by atoms with E-state index in [0.29, 0.717) is 37.7 Å². The maximum atomic E-state index is 15.1. The van der Waals surface area contributed by atoms with Gasteiger partial charge in [-0.3, -0.25) is 24.2 Å². The molecule has 1 saturated heterocycles. The molecule has 51 heavy (non-hydrogen) atoms. The smallest absolute Gasteiger partial charge is 0.372 e. The first kappa shape index (κ1) is 41.2. The predicted octanol–water partition coefficient (Wildman–Crippen LogP) is 5.31. The predicted molar refractivity (Wildman–Crippen MR) is 190 cm³/mol. The monoisotopic (exact) mass is 735 g/mol. The van der Waals surface area contributed by atoms with Crippen LogP contribution < -0.4 is 20.0 Å². The number of likely N-dealkylation sites (N-methyl/N-ethyl adjacent to an activating group) is 1. The summed E-state index contributed by atoms with van der Waals surface area (Å²) >= 11 is 5.19. The number of anilines is 3. The zero-order valence-corrected chi connectivity index (χ0v) is 30.8. The number of carbonyl (C=O) groups excluding carboxylic acids is 3. The summed E-state index contributed by atoms with van der Waals surface area (Å²) in [7, 11) is 1.13. The maximum absolute atomic E-state index is 15.1. The Balaban J connectivity index is 1.57. The van der Waals surface area contributed by atoms with Gasteiger partial charge < -0.3 is 19.9 Å². The van der Waals surface area contributed by atoms with E-state index in [1.54, 1.807) is 17.0 Å². The highest BCUT2D eigenvalue weighted by atomic mass is 32.1. The molecule has 1 fully saturated rings. The largest absolute Gasteiger partial charge is 0.420 e. The van der Waals surface area contributed by atoms with Crippen molar-refractivity contribution in [3.05, 3.63) is 47.4 Å². The Bertz CT molecular complexity index is 1620. The SMILES string of the molecule is CC(NC(=O)COCCCCN1CCN(c2ccc(N(C=S)C(C)(C)C(=O)N(C)c3ccc(C#N)c(C(F)(F)F)c3F)cn2)C(=O)C1)C(C)(C)C. The zero-order chi connectivity index (χ0) is 38.3. The number of benzene rings is 1. The molecule has 1 aromatic heterocycles. The number of unbranched alkanes of at least 4 members (excludes halogenated alkanes) is 1. The van der Waals surface area contributed by atoms with Gasteiger partial charge in [0.1, 0.15) is 23.5 Å². The summed E-state index contributed by atoms with van der Waals surface area (Å²) < 4.78 is 61.4. The van der Waals surface area contributed by atoms with Gasteiger partial charge in [0.25, 0.3) is 5.91 Å². The minimum atomic E-state index is -5.16. The van der Waals surface area contributed by atoms with Crippen LogP contribution >= 0.6 is 12.2 Å². The summed E-state index contributed by atoms with van der Waals surface area (Å²) in [6.07, 6.45) is -2.21. The highest BCUT2D eigenvalue weighted by molar-refractivity contribution is 7.79. The molecule has 0 radical (unpaired) electrons. The first-order valence-electron chi connectivity index (χ1n) is 16.4. The molecule has 0 bridgehead atoms. The van der Waals surface area contributed by atoms with E-state index in [1.807, 2.05) is 11.8 Å². The Morgan fingerprint density at radius 1 is 1.14 bits per heavy atom. The van der Waals surface area contributed by atoms with Crippen molar-refractivity contribution in [2.45, 2.75) is 72.1 Å². The molecule has 2 aromatic rings. The van der Waals surface area contributed by atoms with E-state index in [0.717, 1.165) is 36.9 Å². The molecular weight excluding hydrogens is 690 g/mol. The Kier molecular flexibility index (Phi) is 13.6. The molecule has 1 aliphatic rings. The number of nitriles is 1. The molecule has 278 valence electrons. The second-order valence-electron chi connectivity index (χ2n) is 13.9. The number of hydrogen-bond acceptors (Lipinski definition) is 8. The lowest BCUT2D eigenvalue weighted by Gasteiger charge is -2.38. The number of pyridine rings is 1. The first-order chi connectivity index (χ1) is 23.7. The van der Waals surface area contributed by atoms with E-state index in [1.165, 1.54) is 36.5 Å². The van der Waals surface area contributed by atoms with Crippen LogP contribution in [0.5, 0.6) is 0 Å². The molecule has 1 unspecified atom stereocenters.